The molecule has 0 saturated heterocycles. The molecule has 0 amide bonds. The normalized spacial score (nSPS) is 9.29. The van der Waals surface area contributed by atoms with Gasteiger partial charge in [0.2, 0.25) is 5.13 Å². The van der Waals surface area contributed by atoms with Gasteiger partial charge in [-0.15, -0.1) is 11.3 Å². The number of hydrogen-bond acceptors (Lipinski definition) is 2. The van der Waals surface area contributed by atoms with Crippen molar-refractivity contribution in [2.45, 2.75) is 0 Å². The zero-order valence-corrected chi connectivity index (χ0v) is 4.20. The summed E-state index contributed by atoms with van der Waals surface area (Å²) in [4.78, 5) is 0. The average Bonchev–Trinajstić information content (AvgIpc) is 1.91. The van der Waals surface area contributed by atoms with Crippen molar-refractivity contribution in [3.63, 3.8) is 0 Å². The first-order valence-electron chi connectivity index (χ1n) is 1.72. The molecular weight excluding hydrogens is 115 g/mol. The fourth-order valence-electron chi connectivity index (χ4n) is 0.284. The van der Waals surface area contributed by atoms with Crippen molar-refractivity contribution >= 4 is 11.3 Å². The van der Waals surface area contributed by atoms with Crippen LogP contribution in [0.25, 0.3) is 0 Å². The van der Waals surface area contributed by atoms with Crippen LogP contribution < -0.4 is 0 Å². The summed E-state index contributed by atoms with van der Waals surface area (Å²) in [6, 6.07) is 1.32. The van der Waals surface area contributed by atoms with Crippen molar-refractivity contribution in [2.24, 2.45) is 0 Å². The molecule has 0 fully saturated rings. The Labute approximate surface area is 44.0 Å². The van der Waals surface area contributed by atoms with Crippen LogP contribution in [-0.2, 0) is 0 Å². The standard InChI is InChI=1S/C4H3FOS/c5-4-3(6)1-2-7-4/h1-2,6H. The SMILES string of the molecule is Oc1ccsc1F. The van der Waals surface area contributed by atoms with Gasteiger partial charge in [0.05, 0.1) is 0 Å². The van der Waals surface area contributed by atoms with E-state index in [1.165, 1.54) is 11.4 Å². The first-order valence-corrected chi connectivity index (χ1v) is 2.60. The molecule has 1 aromatic heterocycles. The fraction of sp³-hybridized carbons (Fsp3) is 0. The fourth-order valence-corrected chi connectivity index (χ4v) is 0.789. The predicted molar refractivity (Wildman–Crippen MR) is 25.9 cm³/mol. The molecule has 7 heavy (non-hydrogen) atoms. The zero-order valence-electron chi connectivity index (χ0n) is 3.39. The summed E-state index contributed by atoms with van der Waals surface area (Å²) in [6.45, 7) is 0. The van der Waals surface area contributed by atoms with Crippen LogP contribution in [0.5, 0.6) is 5.75 Å². The lowest BCUT2D eigenvalue weighted by Gasteiger charge is -1.75. The summed E-state index contributed by atoms with van der Waals surface area (Å²) in [5, 5.41) is 9.37. The van der Waals surface area contributed by atoms with Gasteiger partial charge in [0.1, 0.15) is 0 Å². The van der Waals surface area contributed by atoms with Crippen LogP contribution >= 0.6 is 11.3 Å². The van der Waals surface area contributed by atoms with Gasteiger partial charge in [-0.25, -0.2) is 0 Å². The third-order valence-corrected chi connectivity index (χ3v) is 1.29. The minimum absolute atomic E-state index is 0.259. The Bertz CT molecular complexity index is 144. The summed E-state index contributed by atoms with van der Waals surface area (Å²) in [7, 11) is 0. The van der Waals surface area contributed by atoms with Gasteiger partial charge in [-0.2, -0.15) is 4.39 Å². The third kappa shape index (κ3) is 0.718. The second kappa shape index (κ2) is 1.50. The van der Waals surface area contributed by atoms with Gasteiger partial charge in [-0.3, -0.25) is 0 Å². The van der Waals surface area contributed by atoms with Crippen LogP contribution in [0.3, 0.4) is 0 Å². The lowest BCUT2D eigenvalue weighted by atomic mass is 10.6. The molecule has 0 aliphatic heterocycles. The largest absolute Gasteiger partial charge is 0.504 e. The second-order valence-electron chi connectivity index (χ2n) is 1.08. The van der Waals surface area contributed by atoms with E-state index in [0.29, 0.717) is 0 Å². The van der Waals surface area contributed by atoms with Gasteiger partial charge in [0.15, 0.2) is 5.75 Å². The molecule has 1 N–H and O–H groups in total. The van der Waals surface area contributed by atoms with E-state index in [9.17, 15) is 4.39 Å². The Balaban J connectivity index is 3.12. The lowest BCUT2D eigenvalue weighted by molar-refractivity contribution is 0.442. The van der Waals surface area contributed by atoms with E-state index in [4.69, 9.17) is 5.11 Å². The molecule has 0 saturated carbocycles. The molecule has 0 atom stereocenters. The summed E-state index contributed by atoms with van der Waals surface area (Å²) >= 11 is 0.888. The molecule has 1 heterocycles. The molecule has 0 unspecified atom stereocenters. The van der Waals surface area contributed by atoms with Crippen molar-refractivity contribution < 1.29 is 9.50 Å². The maximum absolute atomic E-state index is 11.8. The Morgan fingerprint density at radius 1 is 1.71 bits per heavy atom. The highest BCUT2D eigenvalue weighted by molar-refractivity contribution is 7.08. The molecule has 1 rings (SSSR count). The van der Waals surface area contributed by atoms with Gasteiger partial charge < -0.3 is 5.11 Å². The lowest BCUT2D eigenvalue weighted by Crippen LogP contribution is -1.55. The minimum Gasteiger partial charge on any atom is -0.504 e. The quantitative estimate of drug-likeness (QED) is 0.548. The van der Waals surface area contributed by atoms with E-state index in [2.05, 4.69) is 0 Å². The molecular formula is C4H3FOS. The molecule has 0 bridgehead atoms. The van der Waals surface area contributed by atoms with E-state index in [1.54, 1.807) is 0 Å². The van der Waals surface area contributed by atoms with Crippen molar-refractivity contribution in [1.82, 2.24) is 0 Å². The first kappa shape index (κ1) is 4.59. The van der Waals surface area contributed by atoms with Gasteiger partial charge in [0.25, 0.3) is 0 Å². The van der Waals surface area contributed by atoms with Crippen LogP contribution in [0.1, 0.15) is 0 Å². The topological polar surface area (TPSA) is 20.2 Å². The monoisotopic (exact) mass is 118 g/mol. The van der Waals surface area contributed by atoms with E-state index in [0.717, 1.165) is 11.3 Å². The Morgan fingerprint density at radius 2 is 2.43 bits per heavy atom. The summed E-state index contributed by atoms with van der Waals surface area (Å²) in [5.74, 6) is -0.259. The van der Waals surface area contributed by atoms with Crippen LogP contribution in [0.15, 0.2) is 11.4 Å². The Hall–Kier alpha value is -0.570. The van der Waals surface area contributed by atoms with Crippen molar-refractivity contribution in [3.05, 3.63) is 16.6 Å². The molecule has 1 nitrogen and oxygen atoms in total. The average molecular weight is 118 g/mol. The third-order valence-electron chi connectivity index (χ3n) is 0.599. The van der Waals surface area contributed by atoms with Crippen LogP contribution in [0, 0.1) is 5.13 Å². The van der Waals surface area contributed by atoms with Crippen LogP contribution in [-0.4, -0.2) is 5.11 Å². The molecule has 0 radical (unpaired) electrons. The molecule has 3 heteroatoms. The second-order valence-corrected chi connectivity index (χ2v) is 1.95. The van der Waals surface area contributed by atoms with E-state index < -0.39 is 5.13 Å². The number of halogens is 1. The smallest absolute Gasteiger partial charge is 0.218 e. The highest BCUT2D eigenvalue weighted by Gasteiger charge is 1.95. The first-order chi connectivity index (χ1) is 3.30. The number of thiophene rings is 1. The Morgan fingerprint density at radius 3 is 2.57 bits per heavy atom. The zero-order chi connectivity index (χ0) is 5.28. The van der Waals surface area contributed by atoms with Gasteiger partial charge in [-0.05, 0) is 11.4 Å². The molecule has 0 aromatic carbocycles. The number of hydrogen-bond donors (Lipinski definition) is 1. The van der Waals surface area contributed by atoms with Crippen molar-refractivity contribution in [2.75, 3.05) is 0 Å². The molecule has 1 aromatic rings. The summed E-state index contributed by atoms with van der Waals surface area (Å²) in [5.41, 5.74) is 0. The van der Waals surface area contributed by atoms with Crippen LogP contribution in [0.2, 0.25) is 0 Å². The predicted octanol–water partition coefficient (Wildman–Crippen LogP) is 1.59. The van der Waals surface area contributed by atoms with Gasteiger partial charge >= 0.3 is 0 Å². The highest BCUT2D eigenvalue weighted by atomic mass is 32.1. The molecule has 38 valence electrons. The van der Waals surface area contributed by atoms with E-state index in [-0.39, 0.29) is 5.75 Å². The van der Waals surface area contributed by atoms with Crippen LogP contribution in [0.4, 0.5) is 4.39 Å². The minimum atomic E-state index is -0.514. The molecule has 0 aliphatic rings. The molecule has 0 spiro atoms. The van der Waals surface area contributed by atoms with Crippen molar-refractivity contribution in [1.29, 1.82) is 0 Å². The van der Waals surface area contributed by atoms with Gasteiger partial charge in [0, 0.05) is 0 Å². The summed E-state index contributed by atoms with van der Waals surface area (Å²) < 4.78 is 11.8. The number of rotatable bonds is 0. The van der Waals surface area contributed by atoms with Crippen molar-refractivity contribution in [3.8, 4) is 5.75 Å². The Kier molecular flexibility index (Phi) is 0.982. The van der Waals surface area contributed by atoms with Gasteiger partial charge in [-0.1, -0.05) is 0 Å². The maximum Gasteiger partial charge on any atom is 0.218 e. The highest BCUT2D eigenvalue weighted by Crippen LogP contribution is 2.19. The van der Waals surface area contributed by atoms with E-state index >= 15 is 0 Å². The maximum atomic E-state index is 11.8. The summed E-state index contributed by atoms with van der Waals surface area (Å²) in [6.07, 6.45) is 0. The van der Waals surface area contributed by atoms with E-state index in [1.807, 2.05) is 0 Å². The molecule has 0 aliphatic carbocycles. The number of aromatic hydroxyl groups is 1.